The van der Waals surface area contributed by atoms with Gasteiger partial charge < -0.3 is 15.6 Å². The first-order valence-corrected chi connectivity index (χ1v) is 8.15. The SMILES string of the molecule is CC(Sc1cnc(N)c(Oc2cc(O)nn2C)c1)c1ccccn1. The van der Waals surface area contributed by atoms with Crippen LogP contribution in [0.4, 0.5) is 5.82 Å². The van der Waals surface area contributed by atoms with Gasteiger partial charge in [-0.15, -0.1) is 16.9 Å². The Morgan fingerprint density at radius 3 is 2.79 bits per heavy atom. The van der Waals surface area contributed by atoms with Crippen LogP contribution in [0.25, 0.3) is 0 Å². The Morgan fingerprint density at radius 1 is 1.29 bits per heavy atom. The van der Waals surface area contributed by atoms with E-state index < -0.39 is 0 Å². The quantitative estimate of drug-likeness (QED) is 0.687. The highest BCUT2D eigenvalue weighted by molar-refractivity contribution is 7.99. The molecule has 0 saturated carbocycles. The summed E-state index contributed by atoms with van der Waals surface area (Å²) >= 11 is 1.61. The summed E-state index contributed by atoms with van der Waals surface area (Å²) in [5.74, 6) is 0.941. The zero-order valence-electron chi connectivity index (χ0n) is 13.2. The van der Waals surface area contributed by atoms with Crippen molar-refractivity contribution in [3.05, 3.63) is 48.4 Å². The molecule has 0 saturated heterocycles. The number of aryl methyl sites for hydroxylation is 1. The van der Waals surface area contributed by atoms with E-state index in [-0.39, 0.29) is 16.9 Å². The van der Waals surface area contributed by atoms with Crippen molar-refractivity contribution in [2.24, 2.45) is 7.05 Å². The van der Waals surface area contributed by atoms with Crippen LogP contribution in [-0.4, -0.2) is 24.9 Å². The molecule has 3 rings (SSSR count). The number of hydrogen-bond donors (Lipinski definition) is 2. The number of hydrogen-bond acceptors (Lipinski definition) is 7. The van der Waals surface area contributed by atoms with Gasteiger partial charge in [0, 0.05) is 29.6 Å². The summed E-state index contributed by atoms with van der Waals surface area (Å²) in [6.07, 6.45) is 3.48. The monoisotopic (exact) mass is 343 g/mol. The van der Waals surface area contributed by atoms with Gasteiger partial charge in [0.25, 0.3) is 0 Å². The minimum absolute atomic E-state index is 0.117. The van der Waals surface area contributed by atoms with Crippen LogP contribution in [0.5, 0.6) is 17.5 Å². The summed E-state index contributed by atoms with van der Waals surface area (Å²) in [5, 5.41) is 13.4. The van der Waals surface area contributed by atoms with Crippen LogP contribution in [-0.2, 0) is 7.05 Å². The Hall–Kier alpha value is -2.74. The van der Waals surface area contributed by atoms with E-state index in [0.29, 0.717) is 11.6 Å². The summed E-state index contributed by atoms with van der Waals surface area (Å²) in [5.41, 5.74) is 6.87. The lowest BCUT2D eigenvalue weighted by molar-refractivity contribution is 0.423. The van der Waals surface area contributed by atoms with Gasteiger partial charge in [-0.1, -0.05) is 6.07 Å². The highest BCUT2D eigenvalue weighted by atomic mass is 32.2. The molecule has 0 aliphatic carbocycles. The Bertz CT molecular complexity index is 838. The number of nitrogens with two attached hydrogens (primary N) is 1. The van der Waals surface area contributed by atoms with Crippen LogP contribution in [0.3, 0.4) is 0 Å². The average molecular weight is 343 g/mol. The van der Waals surface area contributed by atoms with Crippen LogP contribution < -0.4 is 10.5 Å². The van der Waals surface area contributed by atoms with E-state index in [1.165, 1.54) is 10.7 Å². The summed E-state index contributed by atoms with van der Waals surface area (Å²) in [6, 6.07) is 9.06. The molecule has 1 unspecified atom stereocenters. The predicted octanol–water partition coefficient (Wildman–Crippen LogP) is 3.14. The van der Waals surface area contributed by atoms with Gasteiger partial charge in [-0.05, 0) is 25.1 Å². The van der Waals surface area contributed by atoms with Gasteiger partial charge in [-0.2, -0.15) is 0 Å². The van der Waals surface area contributed by atoms with Crippen LogP contribution in [0.1, 0.15) is 17.9 Å². The van der Waals surface area contributed by atoms with Crippen molar-refractivity contribution < 1.29 is 9.84 Å². The number of nitrogen functional groups attached to an aromatic ring is 1. The maximum Gasteiger partial charge on any atom is 0.234 e. The number of aromatic hydroxyl groups is 1. The highest BCUT2D eigenvalue weighted by Crippen LogP contribution is 2.37. The van der Waals surface area contributed by atoms with Gasteiger partial charge in [-0.3, -0.25) is 4.98 Å². The summed E-state index contributed by atoms with van der Waals surface area (Å²) in [6.45, 7) is 2.07. The second-order valence-electron chi connectivity index (χ2n) is 5.14. The van der Waals surface area contributed by atoms with Gasteiger partial charge in [-0.25, -0.2) is 9.67 Å². The van der Waals surface area contributed by atoms with Crippen molar-refractivity contribution in [1.82, 2.24) is 19.7 Å². The van der Waals surface area contributed by atoms with E-state index >= 15 is 0 Å². The number of pyridine rings is 2. The van der Waals surface area contributed by atoms with E-state index in [9.17, 15) is 5.11 Å². The van der Waals surface area contributed by atoms with Crippen molar-refractivity contribution in [2.45, 2.75) is 17.1 Å². The molecule has 0 aliphatic rings. The maximum absolute atomic E-state index is 9.41. The number of thioether (sulfide) groups is 1. The van der Waals surface area contributed by atoms with E-state index in [2.05, 4.69) is 22.0 Å². The molecule has 124 valence electrons. The fourth-order valence-electron chi connectivity index (χ4n) is 2.11. The van der Waals surface area contributed by atoms with E-state index in [1.54, 1.807) is 31.2 Å². The van der Waals surface area contributed by atoms with Crippen molar-refractivity contribution >= 4 is 17.6 Å². The smallest absolute Gasteiger partial charge is 0.234 e. The minimum Gasteiger partial charge on any atom is -0.492 e. The van der Waals surface area contributed by atoms with Crippen LogP contribution in [0, 0.1) is 0 Å². The lowest BCUT2D eigenvalue weighted by atomic mass is 10.3. The van der Waals surface area contributed by atoms with E-state index in [0.717, 1.165) is 10.6 Å². The maximum atomic E-state index is 9.41. The number of nitrogens with zero attached hydrogens (tertiary/aromatic N) is 4. The normalized spacial score (nSPS) is 12.1. The van der Waals surface area contributed by atoms with E-state index in [4.69, 9.17) is 10.5 Å². The first-order valence-electron chi connectivity index (χ1n) is 7.27. The second kappa shape index (κ2) is 6.79. The van der Waals surface area contributed by atoms with Gasteiger partial charge in [0.2, 0.25) is 11.8 Å². The zero-order chi connectivity index (χ0) is 17.1. The van der Waals surface area contributed by atoms with Gasteiger partial charge >= 0.3 is 0 Å². The standard InChI is InChI=1S/C16H17N5O2S/c1-10(12-5-3-4-6-18-12)24-11-7-13(16(17)19-9-11)23-15-8-14(22)20-21(15)2/h3-10H,1-2H3,(H2,17,19)(H,20,22). The zero-order valence-corrected chi connectivity index (χ0v) is 14.1. The second-order valence-corrected chi connectivity index (χ2v) is 6.55. The number of aromatic nitrogens is 4. The number of anilines is 1. The molecular weight excluding hydrogens is 326 g/mol. The Morgan fingerprint density at radius 2 is 2.12 bits per heavy atom. The van der Waals surface area contributed by atoms with Crippen molar-refractivity contribution in [3.63, 3.8) is 0 Å². The molecule has 3 N–H and O–H groups in total. The molecule has 0 fully saturated rings. The first-order chi connectivity index (χ1) is 11.5. The molecule has 0 aromatic carbocycles. The molecule has 0 radical (unpaired) electrons. The molecule has 0 aliphatic heterocycles. The summed E-state index contributed by atoms with van der Waals surface area (Å²) in [7, 11) is 1.67. The molecular formula is C16H17N5O2S. The number of rotatable bonds is 5. The molecule has 7 nitrogen and oxygen atoms in total. The third kappa shape index (κ3) is 3.60. The third-order valence-corrected chi connectivity index (χ3v) is 4.40. The lowest BCUT2D eigenvalue weighted by Gasteiger charge is -2.12. The minimum atomic E-state index is -0.117. The lowest BCUT2D eigenvalue weighted by Crippen LogP contribution is -2.00. The van der Waals surface area contributed by atoms with Crippen LogP contribution in [0.15, 0.2) is 47.6 Å². The molecule has 8 heteroatoms. The third-order valence-electron chi connectivity index (χ3n) is 3.31. The molecule has 24 heavy (non-hydrogen) atoms. The molecule has 3 aromatic rings. The van der Waals surface area contributed by atoms with Gasteiger partial charge in [0.05, 0.1) is 11.8 Å². The molecule has 3 heterocycles. The highest BCUT2D eigenvalue weighted by Gasteiger charge is 2.13. The molecule has 0 bridgehead atoms. The number of ether oxygens (including phenoxy) is 1. The Labute approximate surface area is 143 Å². The van der Waals surface area contributed by atoms with Crippen molar-refractivity contribution in [3.8, 4) is 17.5 Å². The molecule has 0 amide bonds. The summed E-state index contributed by atoms with van der Waals surface area (Å²) < 4.78 is 7.13. The average Bonchev–Trinajstić information content (AvgIpc) is 2.89. The van der Waals surface area contributed by atoms with Crippen molar-refractivity contribution in [2.75, 3.05) is 5.73 Å². The topological polar surface area (TPSA) is 99.1 Å². The van der Waals surface area contributed by atoms with Crippen LogP contribution >= 0.6 is 11.8 Å². The molecule has 0 spiro atoms. The Kier molecular flexibility index (Phi) is 4.57. The summed E-state index contributed by atoms with van der Waals surface area (Å²) in [4.78, 5) is 9.44. The van der Waals surface area contributed by atoms with Crippen LogP contribution in [0.2, 0.25) is 0 Å². The van der Waals surface area contributed by atoms with E-state index in [1.807, 2.05) is 24.3 Å². The fraction of sp³-hybridized carbons (Fsp3) is 0.188. The van der Waals surface area contributed by atoms with Gasteiger partial charge in [0.15, 0.2) is 11.6 Å². The molecule has 3 aromatic heterocycles. The largest absolute Gasteiger partial charge is 0.492 e. The first kappa shape index (κ1) is 16.1. The Balaban J connectivity index is 1.80. The van der Waals surface area contributed by atoms with Crippen molar-refractivity contribution in [1.29, 1.82) is 0 Å². The van der Waals surface area contributed by atoms with Gasteiger partial charge in [0.1, 0.15) is 0 Å². The fourth-order valence-corrected chi connectivity index (χ4v) is 3.07. The predicted molar refractivity (Wildman–Crippen MR) is 92.1 cm³/mol. The molecule has 1 atom stereocenters.